The first-order valence-electron chi connectivity index (χ1n) is 10.7. The molecule has 1 saturated carbocycles. The maximum Gasteiger partial charge on any atom is 0.326 e. The summed E-state index contributed by atoms with van der Waals surface area (Å²) >= 11 is 3.38. The van der Waals surface area contributed by atoms with Crippen LogP contribution in [-0.2, 0) is 20.9 Å². The second kappa shape index (κ2) is 9.18. The maximum atomic E-state index is 13.1. The number of hydrogen-bond acceptors (Lipinski definition) is 5. The van der Waals surface area contributed by atoms with E-state index in [4.69, 9.17) is 9.47 Å². The molecule has 1 heterocycles. The summed E-state index contributed by atoms with van der Waals surface area (Å²) in [6.07, 6.45) is 4.05. The van der Waals surface area contributed by atoms with Crippen molar-refractivity contribution in [3.8, 4) is 5.75 Å². The lowest BCUT2D eigenvalue weighted by Gasteiger charge is -2.42. The predicted octanol–water partition coefficient (Wildman–Crippen LogP) is 4.42. The lowest BCUT2D eigenvalue weighted by molar-refractivity contribution is -0.149. The Morgan fingerprint density at radius 3 is 2.58 bits per heavy atom. The second-order valence-corrected chi connectivity index (χ2v) is 10.1. The van der Waals surface area contributed by atoms with Gasteiger partial charge in [0.1, 0.15) is 24.4 Å². The van der Waals surface area contributed by atoms with E-state index < -0.39 is 24.1 Å². The second-order valence-electron chi connectivity index (χ2n) is 9.14. The summed E-state index contributed by atoms with van der Waals surface area (Å²) < 4.78 is 11.4. The van der Waals surface area contributed by atoms with Crippen LogP contribution in [0, 0.1) is 11.3 Å². The number of esters is 1. The van der Waals surface area contributed by atoms with Crippen LogP contribution in [0.5, 0.6) is 5.75 Å². The van der Waals surface area contributed by atoms with E-state index in [0.29, 0.717) is 30.1 Å². The van der Waals surface area contributed by atoms with Crippen LogP contribution in [-0.4, -0.2) is 42.0 Å². The molecule has 1 N–H and O–H groups in total. The first kappa shape index (κ1) is 23.6. The van der Waals surface area contributed by atoms with Gasteiger partial charge < -0.3 is 14.8 Å². The summed E-state index contributed by atoms with van der Waals surface area (Å²) in [6.45, 7) is 6.29. The van der Waals surface area contributed by atoms with Crippen LogP contribution in [0.3, 0.4) is 0 Å². The average molecular weight is 495 g/mol. The quantitative estimate of drug-likeness (QED) is 0.447. The Hall–Kier alpha value is -2.09. The summed E-state index contributed by atoms with van der Waals surface area (Å²) in [7, 11) is 1.54. The molecule has 1 aromatic carbocycles. The van der Waals surface area contributed by atoms with Gasteiger partial charge in [-0.2, -0.15) is 0 Å². The van der Waals surface area contributed by atoms with Crippen LogP contribution in [0.2, 0.25) is 0 Å². The molecule has 1 saturated heterocycles. The van der Waals surface area contributed by atoms with Crippen molar-refractivity contribution in [2.45, 2.75) is 65.0 Å². The van der Waals surface area contributed by atoms with Crippen LogP contribution >= 0.6 is 15.9 Å². The number of hydrogen-bond donors (Lipinski definition) is 1. The molecule has 1 spiro atoms. The highest BCUT2D eigenvalue weighted by atomic mass is 79.9. The van der Waals surface area contributed by atoms with Crippen molar-refractivity contribution in [2.75, 3.05) is 13.7 Å². The molecule has 7 nitrogen and oxygen atoms in total. The van der Waals surface area contributed by atoms with Crippen molar-refractivity contribution in [1.29, 1.82) is 0 Å². The van der Waals surface area contributed by atoms with Crippen molar-refractivity contribution < 1.29 is 23.9 Å². The molecule has 3 amide bonds. The number of methoxy groups -OCH3 is 1. The molecule has 0 unspecified atom stereocenters. The molecular weight excluding hydrogens is 464 g/mol. The molecular formula is C23H31BrN2O5. The van der Waals surface area contributed by atoms with Gasteiger partial charge in [0.15, 0.2) is 0 Å². The lowest BCUT2D eigenvalue weighted by Crippen LogP contribution is -2.51. The normalized spacial score (nSPS) is 23.8. The zero-order chi connectivity index (χ0) is 22.8. The van der Waals surface area contributed by atoms with E-state index in [2.05, 4.69) is 42.0 Å². The fourth-order valence-corrected chi connectivity index (χ4v) is 4.94. The topological polar surface area (TPSA) is 84.9 Å². The minimum Gasteiger partial charge on any atom is -0.496 e. The zero-order valence-corrected chi connectivity index (χ0v) is 20.2. The van der Waals surface area contributed by atoms with E-state index in [0.717, 1.165) is 28.6 Å². The molecule has 0 aromatic heterocycles. The number of imide groups is 1. The van der Waals surface area contributed by atoms with Gasteiger partial charge in [0, 0.05) is 10.0 Å². The summed E-state index contributed by atoms with van der Waals surface area (Å²) in [5, 5.41) is 2.87. The average Bonchev–Trinajstić information content (AvgIpc) is 2.96. The Bertz CT molecular complexity index is 862. The van der Waals surface area contributed by atoms with Crippen molar-refractivity contribution in [3.05, 3.63) is 28.2 Å². The van der Waals surface area contributed by atoms with Gasteiger partial charge in [0.05, 0.1) is 7.11 Å². The van der Waals surface area contributed by atoms with Gasteiger partial charge in [-0.1, -0.05) is 43.1 Å². The number of carbonyl (C=O) groups excluding carboxylic acids is 3. The van der Waals surface area contributed by atoms with E-state index in [1.165, 1.54) is 7.11 Å². The van der Waals surface area contributed by atoms with E-state index >= 15 is 0 Å². The third kappa shape index (κ3) is 4.89. The van der Waals surface area contributed by atoms with Gasteiger partial charge in [0.25, 0.3) is 5.91 Å². The number of rotatable bonds is 7. The summed E-state index contributed by atoms with van der Waals surface area (Å²) in [5.41, 5.74) is 0.0193. The van der Waals surface area contributed by atoms with Crippen LogP contribution in [0.15, 0.2) is 22.7 Å². The summed E-state index contributed by atoms with van der Waals surface area (Å²) in [5.74, 6) is 0.161. The number of urea groups is 1. The highest BCUT2D eigenvalue weighted by Gasteiger charge is 2.53. The maximum absolute atomic E-state index is 13.1. The van der Waals surface area contributed by atoms with Crippen LogP contribution in [0.1, 0.15) is 58.4 Å². The first-order chi connectivity index (χ1) is 14.6. The zero-order valence-electron chi connectivity index (χ0n) is 18.6. The largest absolute Gasteiger partial charge is 0.496 e. The molecule has 1 aromatic rings. The van der Waals surface area contributed by atoms with E-state index in [1.54, 1.807) is 12.1 Å². The predicted molar refractivity (Wildman–Crippen MR) is 119 cm³/mol. The lowest BCUT2D eigenvalue weighted by atomic mass is 9.65. The van der Waals surface area contributed by atoms with Crippen molar-refractivity contribution in [3.63, 3.8) is 0 Å². The summed E-state index contributed by atoms with van der Waals surface area (Å²) in [4.78, 5) is 39.0. The van der Waals surface area contributed by atoms with Crippen LogP contribution < -0.4 is 10.1 Å². The smallest absolute Gasteiger partial charge is 0.326 e. The number of amides is 3. The molecule has 2 aliphatic rings. The number of ether oxygens (including phenoxy) is 2. The standard InChI is InChI=1S/C23H31BrN2O5/c1-5-22(2,3)16-8-10-23(11-9-16)20(28)26(21(29)25-23)13-19(27)31-14-15-12-17(24)6-7-18(15)30-4/h6-7,12,16H,5,8-11,13-14H2,1-4H3,(H,25,29). The molecule has 0 atom stereocenters. The molecule has 170 valence electrons. The minimum atomic E-state index is -0.884. The van der Waals surface area contributed by atoms with Gasteiger partial charge in [0.2, 0.25) is 0 Å². The molecule has 2 fully saturated rings. The molecule has 1 aliphatic carbocycles. The number of halogens is 1. The SMILES string of the molecule is CCC(C)(C)C1CCC2(CC1)NC(=O)N(CC(=O)OCc1cc(Br)ccc1OC)C2=O. The monoisotopic (exact) mass is 494 g/mol. The molecule has 0 bridgehead atoms. The third-order valence-electron chi connectivity index (χ3n) is 7.02. The number of nitrogens with zero attached hydrogens (tertiary/aromatic N) is 1. The highest BCUT2D eigenvalue weighted by Crippen LogP contribution is 2.45. The Labute approximate surface area is 192 Å². The molecule has 0 radical (unpaired) electrons. The van der Waals surface area contributed by atoms with E-state index in [1.807, 2.05) is 6.07 Å². The number of benzene rings is 1. The van der Waals surface area contributed by atoms with Gasteiger partial charge in [-0.25, -0.2) is 4.79 Å². The Morgan fingerprint density at radius 2 is 1.97 bits per heavy atom. The molecule has 3 rings (SSSR count). The van der Waals surface area contributed by atoms with Crippen molar-refractivity contribution in [1.82, 2.24) is 10.2 Å². The number of carbonyl (C=O) groups is 3. The molecule has 31 heavy (non-hydrogen) atoms. The highest BCUT2D eigenvalue weighted by molar-refractivity contribution is 9.10. The van der Waals surface area contributed by atoms with Crippen LogP contribution in [0.4, 0.5) is 4.79 Å². The fraction of sp³-hybridized carbons (Fsp3) is 0.609. The Morgan fingerprint density at radius 1 is 1.29 bits per heavy atom. The summed E-state index contributed by atoms with van der Waals surface area (Å²) in [6, 6.07) is 4.87. The van der Waals surface area contributed by atoms with E-state index in [9.17, 15) is 14.4 Å². The van der Waals surface area contributed by atoms with Crippen molar-refractivity contribution in [2.24, 2.45) is 11.3 Å². The van der Waals surface area contributed by atoms with Gasteiger partial charge in [-0.05, 0) is 55.2 Å². The van der Waals surface area contributed by atoms with Gasteiger partial charge >= 0.3 is 12.0 Å². The van der Waals surface area contributed by atoms with Gasteiger partial charge in [-0.15, -0.1) is 0 Å². The van der Waals surface area contributed by atoms with Crippen LogP contribution in [0.25, 0.3) is 0 Å². The third-order valence-corrected chi connectivity index (χ3v) is 7.51. The van der Waals surface area contributed by atoms with Gasteiger partial charge in [-0.3, -0.25) is 14.5 Å². The first-order valence-corrected chi connectivity index (χ1v) is 11.5. The fourth-order valence-electron chi connectivity index (χ4n) is 4.53. The minimum absolute atomic E-state index is 0.00990. The number of nitrogens with one attached hydrogen (secondary N) is 1. The molecule has 8 heteroatoms. The Kier molecular flexibility index (Phi) is 6.98. The molecule has 1 aliphatic heterocycles. The Balaban J connectivity index is 1.59. The van der Waals surface area contributed by atoms with Crippen molar-refractivity contribution >= 4 is 33.8 Å². The van der Waals surface area contributed by atoms with E-state index in [-0.39, 0.29) is 17.9 Å².